The number of benzene rings is 1. The maximum atomic E-state index is 12.0. The highest BCUT2D eigenvalue weighted by molar-refractivity contribution is 7.13. The number of nitrogen functional groups attached to an aromatic ring is 1. The molecule has 0 aliphatic carbocycles. The molecule has 0 bridgehead atoms. The lowest BCUT2D eigenvalue weighted by molar-refractivity contribution is 0.00696. The smallest absolute Gasteiger partial charge is 0.338 e. The van der Waals surface area contributed by atoms with Crippen molar-refractivity contribution in [3.8, 4) is 17.0 Å². The molecular weight excluding hydrogens is 276 g/mol. The molecule has 0 saturated heterocycles. The van der Waals surface area contributed by atoms with E-state index >= 15 is 0 Å². The zero-order valence-corrected chi connectivity index (χ0v) is 12.3. The monoisotopic (exact) mass is 292 g/mol. The molecule has 0 atom stereocenters. The van der Waals surface area contributed by atoms with Crippen LogP contribution in [0.3, 0.4) is 0 Å². The Morgan fingerprint density at radius 2 is 2.10 bits per heavy atom. The normalized spacial score (nSPS) is 11.3. The van der Waals surface area contributed by atoms with Gasteiger partial charge in [0, 0.05) is 10.9 Å². The Morgan fingerprint density at radius 3 is 2.65 bits per heavy atom. The van der Waals surface area contributed by atoms with Gasteiger partial charge in [0.05, 0.1) is 11.3 Å². The molecule has 20 heavy (non-hydrogen) atoms. The number of rotatable bonds is 2. The zero-order chi connectivity index (χ0) is 14.9. The first-order chi connectivity index (χ1) is 9.26. The van der Waals surface area contributed by atoms with Crippen LogP contribution in [0.5, 0.6) is 5.75 Å². The van der Waals surface area contributed by atoms with Crippen molar-refractivity contribution in [2.24, 2.45) is 0 Å². The van der Waals surface area contributed by atoms with E-state index in [1.165, 1.54) is 23.5 Å². The summed E-state index contributed by atoms with van der Waals surface area (Å²) in [5, 5.41) is 12.0. The number of esters is 1. The Bertz CT molecular complexity index is 644. The van der Waals surface area contributed by atoms with Gasteiger partial charge in [0.25, 0.3) is 0 Å². The molecule has 0 saturated carbocycles. The zero-order valence-electron chi connectivity index (χ0n) is 11.5. The van der Waals surface area contributed by atoms with Crippen LogP contribution in [0.25, 0.3) is 11.3 Å². The first kappa shape index (κ1) is 14.3. The highest BCUT2D eigenvalue weighted by atomic mass is 32.1. The standard InChI is InChI=1S/C14H16N2O3S/c1-14(2,3)19-12(18)8-4-5-11(17)9(6-8)10-7-20-13(15)16-10/h4-7,17H,1-3H3,(H2,15,16). The van der Waals surface area contributed by atoms with Gasteiger partial charge in [-0.05, 0) is 39.0 Å². The van der Waals surface area contributed by atoms with E-state index in [0.29, 0.717) is 22.0 Å². The second-order valence-electron chi connectivity index (χ2n) is 5.30. The molecular formula is C14H16N2O3S. The predicted molar refractivity (Wildman–Crippen MR) is 78.8 cm³/mol. The van der Waals surface area contributed by atoms with Crippen molar-refractivity contribution in [1.29, 1.82) is 0 Å². The third-order valence-corrected chi connectivity index (χ3v) is 3.10. The lowest BCUT2D eigenvalue weighted by Crippen LogP contribution is -2.23. The molecule has 0 radical (unpaired) electrons. The fraction of sp³-hybridized carbons (Fsp3) is 0.286. The van der Waals surface area contributed by atoms with E-state index in [1.807, 2.05) is 0 Å². The summed E-state index contributed by atoms with van der Waals surface area (Å²) >= 11 is 1.27. The van der Waals surface area contributed by atoms with Gasteiger partial charge in [0.2, 0.25) is 0 Å². The van der Waals surface area contributed by atoms with Gasteiger partial charge in [0.1, 0.15) is 11.4 Å². The number of phenols is 1. The number of ether oxygens (including phenoxy) is 1. The molecule has 0 aliphatic heterocycles. The van der Waals surface area contributed by atoms with Crippen molar-refractivity contribution >= 4 is 22.4 Å². The van der Waals surface area contributed by atoms with Crippen LogP contribution in [0.2, 0.25) is 0 Å². The number of carbonyl (C=O) groups is 1. The Morgan fingerprint density at radius 1 is 1.40 bits per heavy atom. The number of hydrogen-bond donors (Lipinski definition) is 2. The second-order valence-corrected chi connectivity index (χ2v) is 6.19. The summed E-state index contributed by atoms with van der Waals surface area (Å²) in [4.78, 5) is 16.1. The van der Waals surface area contributed by atoms with E-state index in [4.69, 9.17) is 10.5 Å². The molecule has 1 heterocycles. The van der Waals surface area contributed by atoms with Crippen molar-refractivity contribution in [3.63, 3.8) is 0 Å². The molecule has 0 spiro atoms. The van der Waals surface area contributed by atoms with Crippen LogP contribution in [-0.2, 0) is 4.74 Å². The van der Waals surface area contributed by atoms with Crippen molar-refractivity contribution in [3.05, 3.63) is 29.1 Å². The molecule has 2 rings (SSSR count). The maximum Gasteiger partial charge on any atom is 0.338 e. The summed E-state index contributed by atoms with van der Waals surface area (Å²) < 4.78 is 5.30. The third kappa shape index (κ3) is 3.27. The van der Waals surface area contributed by atoms with Crippen LogP contribution in [0.15, 0.2) is 23.6 Å². The number of carbonyl (C=O) groups excluding carboxylic acids is 1. The van der Waals surface area contributed by atoms with Crippen LogP contribution in [0.4, 0.5) is 5.13 Å². The number of nitrogens with zero attached hydrogens (tertiary/aromatic N) is 1. The van der Waals surface area contributed by atoms with Crippen LogP contribution >= 0.6 is 11.3 Å². The molecule has 2 aromatic rings. The van der Waals surface area contributed by atoms with Gasteiger partial charge in [-0.15, -0.1) is 11.3 Å². The van der Waals surface area contributed by atoms with Crippen LogP contribution in [0.1, 0.15) is 31.1 Å². The van der Waals surface area contributed by atoms with Crippen molar-refractivity contribution in [2.75, 3.05) is 5.73 Å². The Kier molecular flexibility index (Phi) is 3.67. The summed E-state index contributed by atoms with van der Waals surface area (Å²) in [6.07, 6.45) is 0. The Hall–Kier alpha value is -2.08. The minimum atomic E-state index is -0.569. The molecule has 0 unspecified atom stereocenters. The van der Waals surface area contributed by atoms with Crippen LogP contribution in [0, 0.1) is 0 Å². The predicted octanol–water partition coefficient (Wildman–Crippen LogP) is 3.05. The van der Waals surface area contributed by atoms with E-state index in [2.05, 4.69) is 4.98 Å². The van der Waals surface area contributed by atoms with Gasteiger partial charge in [0.15, 0.2) is 5.13 Å². The number of aromatic hydroxyl groups is 1. The van der Waals surface area contributed by atoms with Gasteiger partial charge >= 0.3 is 5.97 Å². The first-order valence-electron chi connectivity index (χ1n) is 6.04. The molecule has 6 heteroatoms. The van der Waals surface area contributed by atoms with Gasteiger partial charge in [-0.3, -0.25) is 0 Å². The van der Waals surface area contributed by atoms with E-state index in [9.17, 15) is 9.90 Å². The van der Waals surface area contributed by atoms with Gasteiger partial charge in [-0.1, -0.05) is 0 Å². The molecule has 5 nitrogen and oxygen atoms in total. The Balaban J connectivity index is 2.36. The first-order valence-corrected chi connectivity index (χ1v) is 6.92. The van der Waals surface area contributed by atoms with E-state index in [0.717, 1.165) is 0 Å². The topological polar surface area (TPSA) is 85.4 Å². The minimum absolute atomic E-state index is 0.0441. The highest BCUT2D eigenvalue weighted by Crippen LogP contribution is 2.32. The second kappa shape index (κ2) is 5.13. The lowest BCUT2D eigenvalue weighted by atomic mass is 10.1. The van der Waals surface area contributed by atoms with Crippen LogP contribution < -0.4 is 5.73 Å². The average Bonchev–Trinajstić information content (AvgIpc) is 2.74. The number of thiazole rings is 1. The molecule has 106 valence electrons. The van der Waals surface area contributed by atoms with Crippen molar-refractivity contribution in [1.82, 2.24) is 4.98 Å². The highest BCUT2D eigenvalue weighted by Gasteiger charge is 2.19. The SMILES string of the molecule is CC(C)(C)OC(=O)c1ccc(O)c(-c2csc(N)n2)c1. The minimum Gasteiger partial charge on any atom is -0.507 e. The summed E-state index contributed by atoms with van der Waals surface area (Å²) in [6, 6.07) is 4.52. The van der Waals surface area contributed by atoms with E-state index < -0.39 is 11.6 Å². The molecule has 0 aliphatic rings. The van der Waals surface area contributed by atoms with Crippen LogP contribution in [-0.4, -0.2) is 21.7 Å². The van der Waals surface area contributed by atoms with Gasteiger partial charge in [-0.2, -0.15) is 0 Å². The summed E-state index contributed by atoms with van der Waals surface area (Å²) in [5.74, 6) is -0.399. The summed E-state index contributed by atoms with van der Waals surface area (Å²) in [6.45, 7) is 5.40. The molecule has 3 N–H and O–H groups in total. The van der Waals surface area contributed by atoms with E-state index in [-0.39, 0.29) is 5.75 Å². The molecule has 0 amide bonds. The molecule has 1 aromatic heterocycles. The molecule has 1 aromatic carbocycles. The summed E-state index contributed by atoms with van der Waals surface area (Å²) in [7, 11) is 0. The summed E-state index contributed by atoms with van der Waals surface area (Å²) in [5.41, 5.74) is 6.37. The third-order valence-electron chi connectivity index (χ3n) is 2.43. The van der Waals surface area contributed by atoms with Gasteiger partial charge < -0.3 is 15.6 Å². The van der Waals surface area contributed by atoms with Crippen molar-refractivity contribution in [2.45, 2.75) is 26.4 Å². The van der Waals surface area contributed by atoms with E-state index in [1.54, 1.807) is 32.2 Å². The number of hydrogen-bond acceptors (Lipinski definition) is 6. The largest absolute Gasteiger partial charge is 0.507 e. The maximum absolute atomic E-state index is 12.0. The fourth-order valence-corrected chi connectivity index (χ4v) is 2.18. The number of phenolic OH excluding ortho intramolecular Hbond substituents is 1. The number of anilines is 1. The fourth-order valence-electron chi connectivity index (χ4n) is 1.62. The quantitative estimate of drug-likeness (QED) is 0.831. The Labute approximate surface area is 121 Å². The van der Waals surface area contributed by atoms with Crippen molar-refractivity contribution < 1.29 is 14.6 Å². The average molecular weight is 292 g/mol. The number of aromatic nitrogens is 1. The lowest BCUT2D eigenvalue weighted by Gasteiger charge is -2.19. The number of nitrogens with two attached hydrogens (primary N) is 1. The van der Waals surface area contributed by atoms with Gasteiger partial charge in [-0.25, -0.2) is 9.78 Å². The molecule has 0 fully saturated rings.